The van der Waals surface area contributed by atoms with Crippen LogP contribution in [0, 0.1) is 15.5 Å². The Labute approximate surface area is 174 Å². The second kappa shape index (κ2) is 9.56. The van der Waals surface area contributed by atoms with E-state index in [0.717, 1.165) is 4.90 Å². The van der Waals surface area contributed by atoms with Gasteiger partial charge in [0.2, 0.25) is 11.8 Å². The van der Waals surface area contributed by atoms with Crippen molar-refractivity contribution < 1.29 is 14.5 Å². The zero-order chi connectivity index (χ0) is 21.6. The second-order valence-corrected chi connectivity index (χ2v) is 9.28. The molecule has 2 rings (SSSR count). The lowest BCUT2D eigenvalue weighted by Gasteiger charge is -2.17. The average Bonchev–Trinajstić information content (AvgIpc) is 2.62. The van der Waals surface area contributed by atoms with Crippen molar-refractivity contribution in [3.63, 3.8) is 0 Å². The number of nitrogens with zero attached hydrogens (tertiary/aromatic N) is 1. The first-order valence-corrected chi connectivity index (χ1v) is 10.0. The summed E-state index contributed by atoms with van der Waals surface area (Å²) in [5.74, 6) is -0.236. The molecule has 2 amide bonds. The highest BCUT2D eigenvalue weighted by atomic mass is 32.2. The third-order valence-electron chi connectivity index (χ3n) is 3.86. The summed E-state index contributed by atoms with van der Waals surface area (Å²) in [5, 5.41) is 15.9. The van der Waals surface area contributed by atoms with E-state index in [0.29, 0.717) is 17.8 Å². The lowest BCUT2D eigenvalue weighted by atomic mass is 9.92. The van der Waals surface area contributed by atoms with Crippen LogP contribution in [0.25, 0.3) is 0 Å². The van der Waals surface area contributed by atoms with Gasteiger partial charge in [0.1, 0.15) is 0 Å². The molecular formula is C21H25N3O4S. The predicted molar refractivity (Wildman–Crippen MR) is 116 cm³/mol. The number of carbonyl (C=O) groups excluding carboxylic acids is 2. The van der Waals surface area contributed by atoms with Crippen LogP contribution in [0.4, 0.5) is 17.1 Å². The molecule has 0 saturated heterocycles. The molecule has 2 N–H and O–H groups in total. The van der Waals surface area contributed by atoms with Crippen LogP contribution in [0.15, 0.2) is 53.4 Å². The summed E-state index contributed by atoms with van der Waals surface area (Å²) >= 11 is 1.38. The van der Waals surface area contributed by atoms with E-state index in [4.69, 9.17) is 0 Å². The van der Waals surface area contributed by atoms with E-state index in [-0.39, 0.29) is 28.2 Å². The van der Waals surface area contributed by atoms with Crippen LogP contribution in [0.3, 0.4) is 0 Å². The van der Waals surface area contributed by atoms with Gasteiger partial charge in [-0.25, -0.2) is 0 Å². The summed E-state index contributed by atoms with van der Waals surface area (Å²) in [4.78, 5) is 35.5. The molecule has 8 heteroatoms. The molecule has 0 bridgehead atoms. The van der Waals surface area contributed by atoms with E-state index in [1.165, 1.54) is 36.0 Å². The van der Waals surface area contributed by atoms with Gasteiger partial charge in [0.15, 0.2) is 0 Å². The van der Waals surface area contributed by atoms with Crippen molar-refractivity contribution in [3.05, 3.63) is 58.6 Å². The highest BCUT2D eigenvalue weighted by Gasteiger charge is 2.17. The monoisotopic (exact) mass is 415 g/mol. The third kappa shape index (κ3) is 7.57. The fourth-order valence-electron chi connectivity index (χ4n) is 2.47. The molecule has 0 saturated carbocycles. The number of nitrogens with one attached hydrogen (secondary N) is 2. The molecule has 1 atom stereocenters. The number of nitro benzene ring substituents is 1. The molecule has 29 heavy (non-hydrogen) atoms. The smallest absolute Gasteiger partial charge is 0.269 e. The topological polar surface area (TPSA) is 101 Å². The fraction of sp³-hybridized carbons (Fsp3) is 0.333. The molecule has 0 aliphatic heterocycles. The zero-order valence-electron chi connectivity index (χ0n) is 16.9. The van der Waals surface area contributed by atoms with E-state index in [1.54, 1.807) is 6.92 Å². The van der Waals surface area contributed by atoms with Gasteiger partial charge in [-0.2, -0.15) is 0 Å². The maximum atomic E-state index is 12.4. The second-order valence-electron chi connectivity index (χ2n) is 7.86. The van der Waals surface area contributed by atoms with Crippen LogP contribution < -0.4 is 10.6 Å². The van der Waals surface area contributed by atoms with E-state index in [2.05, 4.69) is 10.6 Å². The van der Waals surface area contributed by atoms with Gasteiger partial charge in [0.05, 0.1) is 10.2 Å². The van der Waals surface area contributed by atoms with E-state index < -0.39 is 4.92 Å². The van der Waals surface area contributed by atoms with Crippen molar-refractivity contribution >= 4 is 40.6 Å². The Kier molecular flexibility index (Phi) is 7.39. The summed E-state index contributed by atoms with van der Waals surface area (Å²) in [5.41, 5.74) is 1.11. The highest BCUT2D eigenvalue weighted by molar-refractivity contribution is 8.00. The Balaban J connectivity index is 1.89. The maximum Gasteiger partial charge on any atom is 0.269 e. The molecule has 2 aromatic rings. The number of hydrogen-bond acceptors (Lipinski definition) is 5. The minimum Gasteiger partial charge on any atom is -0.326 e. The van der Waals surface area contributed by atoms with E-state index >= 15 is 0 Å². The molecule has 0 fully saturated rings. The molecule has 7 nitrogen and oxygen atoms in total. The summed E-state index contributed by atoms with van der Waals surface area (Å²) < 4.78 is 0. The van der Waals surface area contributed by atoms with Gasteiger partial charge >= 0.3 is 0 Å². The predicted octanol–water partition coefficient (Wildman–Crippen LogP) is 5.09. The standard InChI is InChI=1S/C21H25N3O4S/c1-14(20(26)23-16-5-9-17(10-6-16)24(27)28)29-18-11-7-15(8-12-18)22-19(25)13-21(2,3)4/h5-12,14H,13H2,1-4H3,(H,22,25)(H,23,26). The summed E-state index contributed by atoms with van der Waals surface area (Å²) in [6.45, 7) is 7.81. The van der Waals surface area contributed by atoms with Crippen LogP contribution in [0.1, 0.15) is 34.1 Å². The quantitative estimate of drug-likeness (QED) is 0.373. The van der Waals surface area contributed by atoms with Crippen molar-refractivity contribution in [1.82, 2.24) is 0 Å². The van der Waals surface area contributed by atoms with Gasteiger partial charge in [0.25, 0.3) is 5.69 Å². The lowest BCUT2D eigenvalue weighted by Crippen LogP contribution is -2.22. The first-order valence-electron chi connectivity index (χ1n) is 9.15. The Hall–Kier alpha value is -2.87. The number of amides is 2. The Morgan fingerprint density at radius 2 is 1.52 bits per heavy atom. The number of non-ortho nitro benzene ring substituents is 1. The number of hydrogen-bond donors (Lipinski definition) is 2. The van der Waals surface area contributed by atoms with Crippen LogP contribution in [0.2, 0.25) is 0 Å². The highest BCUT2D eigenvalue weighted by Crippen LogP contribution is 2.26. The number of carbonyl (C=O) groups is 2. The minimum absolute atomic E-state index is 0.0277. The number of rotatable bonds is 7. The number of benzene rings is 2. The largest absolute Gasteiger partial charge is 0.326 e. The van der Waals surface area contributed by atoms with Gasteiger partial charge in [-0.3, -0.25) is 19.7 Å². The van der Waals surface area contributed by atoms with Crippen molar-refractivity contribution in [2.75, 3.05) is 10.6 Å². The van der Waals surface area contributed by atoms with Crippen LogP contribution in [0.5, 0.6) is 0 Å². The van der Waals surface area contributed by atoms with Gasteiger partial charge in [0, 0.05) is 34.8 Å². The lowest BCUT2D eigenvalue weighted by molar-refractivity contribution is -0.384. The molecule has 2 aromatic carbocycles. The Bertz CT molecular complexity index is 874. The van der Waals surface area contributed by atoms with Crippen molar-refractivity contribution in [1.29, 1.82) is 0 Å². The first-order chi connectivity index (χ1) is 13.5. The molecule has 0 aliphatic carbocycles. The van der Waals surface area contributed by atoms with E-state index in [9.17, 15) is 19.7 Å². The Morgan fingerprint density at radius 1 is 1.00 bits per heavy atom. The molecule has 1 unspecified atom stereocenters. The molecular weight excluding hydrogens is 390 g/mol. The van der Waals surface area contributed by atoms with Crippen LogP contribution in [-0.4, -0.2) is 22.0 Å². The minimum atomic E-state index is -0.487. The maximum absolute atomic E-state index is 12.4. The van der Waals surface area contributed by atoms with E-state index in [1.807, 2.05) is 45.0 Å². The van der Waals surface area contributed by atoms with Gasteiger partial charge in [-0.15, -0.1) is 11.8 Å². The number of anilines is 2. The van der Waals surface area contributed by atoms with Gasteiger partial charge in [-0.05, 0) is 48.7 Å². The van der Waals surface area contributed by atoms with Crippen LogP contribution >= 0.6 is 11.8 Å². The van der Waals surface area contributed by atoms with Crippen molar-refractivity contribution in [2.45, 2.75) is 44.3 Å². The Morgan fingerprint density at radius 3 is 2.03 bits per heavy atom. The summed E-state index contributed by atoms with van der Waals surface area (Å²) in [6.07, 6.45) is 0.434. The SMILES string of the molecule is CC(Sc1ccc(NC(=O)CC(C)(C)C)cc1)C(=O)Nc1ccc([N+](=O)[O-])cc1. The molecule has 0 spiro atoms. The van der Waals surface area contributed by atoms with Crippen LogP contribution in [-0.2, 0) is 9.59 Å². The fourth-order valence-corrected chi connectivity index (χ4v) is 3.34. The normalized spacial score (nSPS) is 12.1. The van der Waals surface area contributed by atoms with Gasteiger partial charge in [-0.1, -0.05) is 20.8 Å². The molecule has 0 radical (unpaired) electrons. The molecule has 0 aliphatic rings. The average molecular weight is 416 g/mol. The molecule has 0 heterocycles. The third-order valence-corrected chi connectivity index (χ3v) is 4.97. The summed E-state index contributed by atoms with van der Waals surface area (Å²) in [6, 6.07) is 13.0. The molecule has 154 valence electrons. The first kappa shape index (κ1) is 22.4. The van der Waals surface area contributed by atoms with Crippen molar-refractivity contribution in [2.24, 2.45) is 5.41 Å². The summed E-state index contributed by atoms with van der Waals surface area (Å²) in [7, 11) is 0. The van der Waals surface area contributed by atoms with Gasteiger partial charge < -0.3 is 10.6 Å². The zero-order valence-corrected chi connectivity index (χ0v) is 17.7. The molecule has 0 aromatic heterocycles. The number of nitro groups is 1. The van der Waals surface area contributed by atoms with Crippen molar-refractivity contribution in [3.8, 4) is 0 Å². The number of thioether (sulfide) groups is 1.